The number of ketones is 3. The van der Waals surface area contributed by atoms with Crippen LogP contribution in [-0.4, -0.2) is 327 Å². The molecular formula is C94H168N4O30S2. The van der Waals surface area contributed by atoms with Crippen molar-refractivity contribution in [2.45, 2.75) is 389 Å². The van der Waals surface area contributed by atoms with Gasteiger partial charge >= 0.3 is 11.9 Å². The number of Topliss-reactive ketones (excluding diaryl/α,β-unsaturated/α-hetero) is 3. The number of hydrogen-bond donors (Lipinski definition) is 12. The van der Waals surface area contributed by atoms with Crippen LogP contribution in [0, 0.1) is 23.2 Å². The van der Waals surface area contributed by atoms with Crippen LogP contribution in [-0.2, 0) is 100.0 Å². The molecule has 0 bridgehead atoms. The van der Waals surface area contributed by atoms with Gasteiger partial charge < -0.3 is 124 Å². The van der Waals surface area contributed by atoms with Crippen LogP contribution < -0.4 is 16.0 Å². The molecule has 4 saturated heterocycles. The van der Waals surface area contributed by atoms with E-state index in [-0.39, 0.29) is 161 Å². The van der Waals surface area contributed by atoms with Crippen LogP contribution in [0.25, 0.3) is 0 Å². The van der Waals surface area contributed by atoms with E-state index in [2.05, 4.69) is 29.8 Å². The zero-order chi connectivity index (χ0) is 95.3. The van der Waals surface area contributed by atoms with Gasteiger partial charge in [-0.3, -0.25) is 43.2 Å². The molecule has 4 fully saturated rings. The van der Waals surface area contributed by atoms with E-state index < -0.39 is 117 Å². The zero-order valence-corrected chi connectivity index (χ0v) is 81.0. The number of aliphatic hydroxyl groups is 9. The van der Waals surface area contributed by atoms with Gasteiger partial charge in [0.15, 0.2) is 18.9 Å². The van der Waals surface area contributed by atoms with Crippen LogP contribution in [0.3, 0.4) is 0 Å². The molecular weight excluding hydrogens is 1730 g/mol. The molecule has 17 atom stereocenters. The Labute approximate surface area is 781 Å². The minimum absolute atomic E-state index is 0.00590. The fourth-order valence-corrected chi connectivity index (χ4v) is 19.1. The third-order valence-electron chi connectivity index (χ3n) is 25.0. The Morgan fingerprint density at radius 2 is 0.785 bits per heavy atom. The molecule has 756 valence electrons. The smallest absolute Gasteiger partial charge is 0.305 e. The summed E-state index contributed by atoms with van der Waals surface area (Å²) in [4.78, 5) is 119. The Balaban J connectivity index is 1.25. The quantitative estimate of drug-likeness (QED) is 0.0154. The molecule has 4 rings (SSSR count). The number of methoxy groups -OCH3 is 2. The average molecular weight is 1900 g/mol. The number of ether oxygens (including phenoxy) is 12. The molecule has 0 aromatic rings. The standard InChI is InChI=1S/C94H168N4O30S2/c1-67-84(111)87(114)75(63-99)126-90(67)123-50-27-34-71(102)32-17-11-8-14-24-47-95-78(105)35-22-23-43-94(44-30-53-121-82(109)39-18-12-9-15-25-48-96-79(106)36-28-51-124-91-68(2)85(112)88(115)76(64-100)127-91,45-31-54-122-83(110)40-19-13-10-16-26-49-97-80(107)37-29-52-125-92-69(3)86(113)89(116)77(65-101)128-92)61-73(104)42-55-119-56-57-120-58-59-129-130-93(4,5)46-41-72(103)33-20-21-38-81(108)98-62-74(118-7)60-70(98)66-117-6/h67-70,74-77,84-92,99-101,111-116H,8-66H2,1-7H3,(H,95,105)(H,96,106)(H,97,107)/t67?,68?,69?,70-,74+,75?,76?,77?,84?,85?,86?,87?,88?,89?,90?,91?,92?,94?/m1/s1. The molecule has 34 nitrogen and oxygen atoms in total. The number of carbonyl (C=O) groups excluding carboxylic acids is 9. The van der Waals surface area contributed by atoms with Gasteiger partial charge in [-0.25, -0.2) is 0 Å². The average Bonchev–Trinajstić information content (AvgIpc) is 0.931. The number of esters is 2. The highest BCUT2D eigenvalue weighted by Crippen LogP contribution is 2.42. The monoisotopic (exact) mass is 1900 g/mol. The second-order valence-corrected chi connectivity index (χ2v) is 39.6. The topological polar surface area (TPSA) is 486 Å². The van der Waals surface area contributed by atoms with Gasteiger partial charge in [-0.15, -0.1) is 0 Å². The predicted octanol–water partition coefficient (Wildman–Crippen LogP) is 8.45. The fourth-order valence-electron chi connectivity index (χ4n) is 16.7. The summed E-state index contributed by atoms with van der Waals surface area (Å²) in [7, 11) is 6.71. The van der Waals surface area contributed by atoms with Crippen molar-refractivity contribution < 1.29 is 146 Å². The molecule has 130 heavy (non-hydrogen) atoms. The Hall–Kier alpha value is -4.23. The van der Waals surface area contributed by atoms with Gasteiger partial charge in [-0.1, -0.05) is 107 Å². The van der Waals surface area contributed by atoms with Crippen molar-refractivity contribution in [2.24, 2.45) is 23.2 Å². The summed E-state index contributed by atoms with van der Waals surface area (Å²) in [6, 6.07) is 0.00600. The first-order valence-corrected chi connectivity index (χ1v) is 51.0. The highest BCUT2D eigenvalue weighted by Gasteiger charge is 2.46. The lowest BCUT2D eigenvalue weighted by Gasteiger charge is -2.40. The third kappa shape index (κ3) is 50.2. The van der Waals surface area contributed by atoms with Gasteiger partial charge in [0, 0.05) is 146 Å². The van der Waals surface area contributed by atoms with E-state index in [0.717, 1.165) is 102 Å². The number of nitrogens with zero attached hydrogens (tertiary/aromatic N) is 1. The Bertz CT molecular complexity index is 2860. The first-order valence-electron chi connectivity index (χ1n) is 48.7. The minimum atomic E-state index is -1.22. The van der Waals surface area contributed by atoms with Crippen molar-refractivity contribution in [2.75, 3.05) is 132 Å². The number of aliphatic hydroxyl groups excluding tert-OH is 9. The first-order chi connectivity index (χ1) is 62.5. The van der Waals surface area contributed by atoms with Crippen LogP contribution in [0.15, 0.2) is 0 Å². The van der Waals surface area contributed by atoms with Crippen molar-refractivity contribution >= 4 is 74.5 Å². The van der Waals surface area contributed by atoms with Gasteiger partial charge in [0.05, 0.1) is 116 Å². The SMILES string of the molecule is COC[C@H]1C[C@H](OC)CN1C(=O)CCCCC(=O)CCC(C)(C)SSCCOCCOCCC(=O)CC(CCCCC(=O)NCCCCCCCC(=O)CCCOC1OC(CO)C(O)C(O)C1C)(CCCOC(=O)CCCCCCCNC(=O)CCCOC1OC(CO)C(O)C(O)C1C)CCCOC(=O)CCCCCCCNC(=O)CCCOC1OC(CO)C(O)C(O)C1C. The number of rotatable bonds is 79. The van der Waals surface area contributed by atoms with E-state index in [1.54, 1.807) is 56.6 Å². The predicted molar refractivity (Wildman–Crippen MR) is 490 cm³/mol. The largest absolute Gasteiger partial charge is 0.466 e. The number of amides is 4. The number of hydrogen-bond acceptors (Lipinski definition) is 32. The lowest BCUT2D eigenvalue weighted by Crippen LogP contribution is -2.55. The van der Waals surface area contributed by atoms with Gasteiger partial charge in [0.2, 0.25) is 23.6 Å². The first kappa shape index (κ1) is 118. The minimum Gasteiger partial charge on any atom is -0.466 e. The molecule has 36 heteroatoms. The third-order valence-corrected chi connectivity index (χ3v) is 28.3. The summed E-state index contributed by atoms with van der Waals surface area (Å²) < 4.78 is 68.2. The number of unbranched alkanes of at least 4 members (excludes halogenated alkanes) is 14. The summed E-state index contributed by atoms with van der Waals surface area (Å²) in [5, 5.41) is 98.7. The maximum atomic E-state index is 14.3. The highest BCUT2D eigenvalue weighted by atomic mass is 33.1. The van der Waals surface area contributed by atoms with E-state index in [4.69, 9.17) is 56.8 Å². The molecule has 0 radical (unpaired) electrons. The van der Waals surface area contributed by atoms with Gasteiger partial charge in [0.25, 0.3) is 0 Å². The summed E-state index contributed by atoms with van der Waals surface area (Å²) in [5.74, 6) is -1.42. The summed E-state index contributed by atoms with van der Waals surface area (Å²) in [6.45, 7) is 12.6. The van der Waals surface area contributed by atoms with Crippen LogP contribution in [0.1, 0.15) is 298 Å². The lowest BCUT2D eigenvalue weighted by atomic mass is 9.71. The molecule has 4 aliphatic rings. The van der Waals surface area contributed by atoms with E-state index in [1.165, 1.54) is 0 Å². The summed E-state index contributed by atoms with van der Waals surface area (Å²) >= 11 is 0. The van der Waals surface area contributed by atoms with E-state index in [0.29, 0.717) is 168 Å². The van der Waals surface area contributed by atoms with Crippen molar-refractivity contribution in [3.05, 3.63) is 0 Å². The molecule has 0 aliphatic carbocycles. The molecule has 0 spiro atoms. The fraction of sp³-hybridized carbons (Fsp3) is 0.904. The van der Waals surface area contributed by atoms with E-state index >= 15 is 0 Å². The maximum Gasteiger partial charge on any atom is 0.305 e. The van der Waals surface area contributed by atoms with Crippen LogP contribution in [0.4, 0.5) is 0 Å². The maximum absolute atomic E-state index is 14.3. The molecule has 15 unspecified atom stereocenters. The molecule has 0 aromatic heterocycles. The highest BCUT2D eigenvalue weighted by molar-refractivity contribution is 8.77. The lowest BCUT2D eigenvalue weighted by molar-refractivity contribution is -0.282. The van der Waals surface area contributed by atoms with Crippen LogP contribution >= 0.6 is 21.6 Å². The Morgan fingerprint density at radius 3 is 1.24 bits per heavy atom. The zero-order valence-electron chi connectivity index (χ0n) is 79.4. The van der Waals surface area contributed by atoms with Gasteiger partial charge in [-0.05, 0) is 141 Å². The molecule has 0 aromatic carbocycles. The van der Waals surface area contributed by atoms with E-state index in [9.17, 15) is 89.1 Å². The van der Waals surface area contributed by atoms with E-state index in [1.807, 2.05) is 4.90 Å². The number of nitrogens with one attached hydrogen (secondary N) is 3. The molecule has 0 saturated carbocycles. The van der Waals surface area contributed by atoms with Crippen molar-refractivity contribution in [3.63, 3.8) is 0 Å². The molecule has 4 heterocycles. The van der Waals surface area contributed by atoms with Crippen molar-refractivity contribution in [3.8, 4) is 0 Å². The molecule has 4 amide bonds. The van der Waals surface area contributed by atoms with Crippen LogP contribution in [0.5, 0.6) is 0 Å². The van der Waals surface area contributed by atoms with Crippen molar-refractivity contribution in [1.29, 1.82) is 0 Å². The summed E-state index contributed by atoms with van der Waals surface area (Å²) in [5.41, 5.74) is -0.598. The second-order valence-electron chi connectivity index (χ2n) is 36.5. The summed E-state index contributed by atoms with van der Waals surface area (Å²) in [6.07, 6.45) is 11.1. The normalized spacial score (nSPS) is 24.6. The second kappa shape index (κ2) is 70.4. The number of likely N-dealkylation sites (tertiary alicyclic amines) is 1. The molecule has 12 N–H and O–H groups in total. The van der Waals surface area contributed by atoms with Gasteiger partial charge in [-0.2, -0.15) is 0 Å². The Morgan fingerprint density at radius 1 is 0.400 bits per heavy atom. The molecule has 4 aliphatic heterocycles. The number of carbonyl (C=O) groups is 9. The van der Waals surface area contributed by atoms with Gasteiger partial charge in [0.1, 0.15) is 54.0 Å². The Kier molecular flexibility index (Phi) is 63.9. The van der Waals surface area contributed by atoms with Crippen molar-refractivity contribution in [1.82, 2.24) is 20.9 Å². The van der Waals surface area contributed by atoms with Crippen LogP contribution in [0.2, 0.25) is 0 Å².